The second kappa shape index (κ2) is 7.91. The van der Waals surface area contributed by atoms with Gasteiger partial charge in [0.05, 0.1) is 12.6 Å². The summed E-state index contributed by atoms with van der Waals surface area (Å²) in [6.07, 6.45) is 3.45. The van der Waals surface area contributed by atoms with Crippen molar-refractivity contribution >= 4 is 15.9 Å². The van der Waals surface area contributed by atoms with Crippen molar-refractivity contribution < 1.29 is 22.7 Å². The fourth-order valence-electron chi connectivity index (χ4n) is 2.55. The summed E-state index contributed by atoms with van der Waals surface area (Å²) in [7, 11) is -2.46. The fraction of sp³-hybridized carbons (Fsp3) is 0.643. The Hall–Kier alpha value is -1.42. The molecule has 1 amide bonds. The molecule has 0 saturated carbocycles. The number of nitrogens with zero attached hydrogens (tertiary/aromatic N) is 1. The zero-order valence-corrected chi connectivity index (χ0v) is 13.9. The lowest BCUT2D eigenvalue weighted by molar-refractivity contribution is 0.0854. The van der Waals surface area contributed by atoms with Crippen LogP contribution in [0, 0.1) is 0 Å². The number of aliphatic hydroxyl groups is 1. The second-order valence-corrected chi connectivity index (χ2v) is 7.36. The summed E-state index contributed by atoms with van der Waals surface area (Å²) in [6, 6.07) is 2.10. The predicted molar refractivity (Wildman–Crippen MR) is 83.6 cm³/mol. The van der Waals surface area contributed by atoms with Crippen molar-refractivity contribution in [2.75, 3.05) is 33.3 Å². The van der Waals surface area contributed by atoms with Crippen LogP contribution in [0.25, 0.3) is 0 Å². The molecule has 0 bridgehead atoms. The lowest BCUT2D eigenvalue weighted by Gasteiger charge is -2.29. The average Bonchev–Trinajstić information content (AvgIpc) is 3.06. The molecule has 1 unspecified atom stereocenters. The van der Waals surface area contributed by atoms with E-state index < -0.39 is 22.0 Å². The van der Waals surface area contributed by atoms with Crippen molar-refractivity contribution in [3.63, 3.8) is 0 Å². The highest BCUT2D eigenvalue weighted by Gasteiger charge is 2.22. The first kappa shape index (κ1) is 17.9. The topological polar surface area (TPSA) is 112 Å². The average molecular weight is 345 g/mol. The number of nitrogens with one attached hydrogen (secondary N) is 2. The van der Waals surface area contributed by atoms with Gasteiger partial charge in [-0.25, -0.2) is 13.1 Å². The van der Waals surface area contributed by atoms with Gasteiger partial charge >= 0.3 is 0 Å². The van der Waals surface area contributed by atoms with E-state index in [9.17, 15) is 18.3 Å². The number of furan rings is 1. The van der Waals surface area contributed by atoms with Crippen molar-refractivity contribution in [3.8, 4) is 0 Å². The molecule has 0 spiro atoms. The van der Waals surface area contributed by atoms with Crippen LogP contribution in [-0.2, 0) is 10.0 Å². The zero-order valence-electron chi connectivity index (χ0n) is 13.1. The van der Waals surface area contributed by atoms with E-state index in [1.54, 1.807) is 0 Å². The smallest absolute Gasteiger partial charge is 0.287 e. The van der Waals surface area contributed by atoms with Crippen LogP contribution in [0.1, 0.15) is 29.8 Å². The van der Waals surface area contributed by atoms with E-state index in [4.69, 9.17) is 4.42 Å². The van der Waals surface area contributed by atoms with Gasteiger partial charge in [-0.3, -0.25) is 4.79 Å². The van der Waals surface area contributed by atoms with Crippen LogP contribution in [-0.4, -0.2) is 63.7 Å². The molecular weight excluding hydrogens is 322 g/mol. The molecule has 1 aromatic rings. The van der Waals surface area contributed by atoms with E-state index in [0.717, 1.165) is 25.9 Å². The number of hydrogen-bond donors (Lipinski definition) is 3. The van der Waals surface area contributed by atoms with Crippen LogP contribution in [0.15, 0.2) is 21.6 Å². The minimum Gasteiger partial charge on any atom is -0.438 e. The predicted octanol–water partition coefficient (Wildman–Crippen LogP) is -0.236. The minimum atomic E-state index is -3.72. The van der Waals surface area contributed by atoms with Crippen molar-refractivity contribution in [2.45, 2.75) is 30.4 Å². The molecule has 1 saturated heterocycles. The summed E-state index contributed by atoms with van der Waals surface area (Å²) >= 11 is 0. The molecule has 8 nitrogen and oxygen atoms in total. The quantitative estimate of drug-likeness (QED) is 0.629. The number of rotatable bonds is 7. The molecule has 2 heterocycles. The summed E-state index contributed by atoms with van der Waals surface area (Å²) in [5.74, 6) is -0.644. The van der Waals surface area contributed by atoms with E-state index in [1.807, 2.05) is 0 Å². The van der Waals surface area contributed by atoms with Crippen LogP contribution in [0.3, 0.4) is 0 Å². The van der Waals surface area contributed by atoms with Crippen molar-refractivity contribution in [1.29, 1.82) is 0 Å². The Morgan fingerprint density at radius 2 is 2.04 bits per heavy atom. The molecule has 23 heavy (non-hydrogen) atoms. The molecule has 130 valence electrons. The lowest BCUT2D eigenvalue weighted by atomic mass is 10.1. The molecule has 1 fully saturated rings. The highest BCUT2D eigenvalue weighted by molar-refractivity contribution is 7.89. The maximum atomic E-state index is 12.1. The number of carbonyl (C=O) groups excluding carboxylic acids is 1. The maximum Gasteiger partial charge on any atom is 0.287 e. The Balaban J connectivity index is 1.96. The molecular formula is C14H23N3O5S. The molecule has 2 rings (SSSR count). The standard InChI is InChI=1S/C14H23N3O5S/c1-15-23(20,21)13-6-5-12(22-13)14(19)16-11(10-18)9-17-7-3-2-4-8-17/h5-6,11,15,18H,2-4,7-10H2,1H3,(H,16,19). The summed E-state index contributed by atoms with van der Waals surface area (Å²) < 4.78 is 30.4. The van der Waals surface area contributed by atoms with E-state index >= 15 is 0 Å². The summed E-state index contributed by atoms with van der Waals surface area (Å²) in [6.45, 7) is 2.28. The Labute approximate surface area is 135 Å². The van der Waals surface area contributed by atoms with Crippen molar-refractivity contribution in [1.82, 2.24) is 14.9 Å². The summed E-state index contributed by atoms with van der Waals surface area (Å²) in [5.41, 5.74) is 0. The first-order chi connectivity index (χ1) is 11.0. The molecule has 1 atom stereocenters. The molecule has 0 aromatic carbocycles. The van der Waals surface area contributed by atoms with E-state index in [-0.39, 0.29) is 17.5 Å². The van der Waals surface area contributed by atoms with E-state index in [1.165, 1.54) is 25.6 Å². The molecule has 3 N–H and O–H groups in total. The van der Waals surface area contributed by atoms with Gasteiger partial charge in [-0.1, -0.05) is 6.42 Å². The maximum absolute atomic E-state index is 12.1. The third-order valence-corrected chi connectivity index (χ3v) is 5.11. The first-order valence-corrected chi connectivity index (χ1v) is 9.12. The van der Waals surface area contributed by atoms with Crippen LogP contribution in [0.2, 0.25) is 0 Å². The van der Waals surface area contributed by atoms with Crippen molar-refractivity contribution in [3.05, 3.63) is 17.9 Å². The third-order valence-electron chi connectivity index (χ3n) is 3.82. The largest absolute Gasteiger partial charge is 0.438 e. The van der Waals surface area contributed by atoms with Gasteiger partial charge in [-0.15, -0.1) is 0 Å². The number of amides is 1. The summed E-state index contributed by atoms with van der Waals surface area (Å²) in [4.78, 5) is 14.3. The Morgan fingerprint density at radius 1 is 1.35 bits per heavy atom. The van der Waals surface area contributed by atoms with E-state index in [0.29, 0.717) is 6.54 Å². The number of aliphatic hydroxyl groups excluding tert-OH is 1. The Morgan fingerprint density at radius 3 is 2.65 bits per heavy atom. The van der Waals surface area contributed by atoms with Gasteiger partial charge in [-0.2, -0.15) is 0 Å². The fourth-order valence-corrected chi connectivity index (χ4v) is 3.19. The van der Waals surface area contributed by atoms with Crippen LogP contribution in [0.4, 0.5) is 0 Å². The number of hydrogen-bond acceptors (Lipinski definition) is 6. The number of piperidine rings is 1. The number of sulfonamides is 1. The highest BCUT2D eigenvalue weighted by atomic mass is 32.2. The monoisotopic (exact) mass is 345 g/mol. The molecule has 0 aliphatic carbocycles. The second-order valence-electron chi connectivity index (χ2n) is 5.54. The number of likely N-dealkylation sites (tertiary alicyclic amines) is 1. The van der Waals surface area contributed by atoms with Crippen LogP contribution < -0.4 is 10.0 Å². The van der Waals surface area contributed by atoms with Gasteiger partial charge in [0.1, 0.15) is 0 Å². The van der Waals surface area contributed by atoms with Crippen LogP contribution >= 0.6 is 0 Å². The normalized spacial score (nSPS) is 17.8. The molecule has 1 aromatic heterocycles. The highest BCUT2D eigenvalue weighted by Crippen LogP contribution is 2.14. The SMILES string of the molecule is CNS(=O)(=O)c1ccc(C(=O)NC(CO)CN2CCCCC2)o1. The van der Waals surface area contributed by atoms with Gasteiger partial charge in [0, 0.05) is 6.54 Å². The lowest BCUT2D eigenvalue weighted by Crippen LogP contribution is -2.47. The van der Waals surface area contributed by atoms with Crippen molar-refractivity contribution in [2.24, 2.45) is 0 Å². The van der Waals surface area contributed by atoms with Gasteiger partial charge < -0.3 is 19.7 Å². The van der Waals surface area contributed by atoms with E-state index in [2.05, 4.69) is 14.9 Å². The zero-order chi connectivity index (χ0) is 16.9. The van der Waals surface area contributed by atoms with Crippen LogP contribution in [0.5, 0.6) is 0 Å². The first-order valence-electron chi connectivity index (χ1n) is 7.63. The number of carbonyl (C=O) groups is 1. The van der Waals surface area contributed by atoms with Gasteiger partial charge in [0.15, 0.2) is 5.76 Å². The Kier molecular flexibility index (Phi) is 6.17. The van der Waals surface area contributed by atoms with Gasteiger partial charge in [-0.05, 0) is 45.1 Å². The van der Waals surface area contributed by atoms with Gasteiger partial charge in [0.25, 0.3) is 15.9 Å². The molecule has 1 aliphatic rings. The van der Waals surface area contributed by atoms with Gasteiger partial charge in [0.2, 0.25) is 5.09 Å². The molecule has 9 heteroatoms. The third kappa shape index (κ3) is 4.77. The summed E-state index contributed by atoms with van der Waals surface area (Å²) in [5, 5.41) is 11.8. The minimum absolute atomic E-state index is 0.101. The Bertz CT molecular complexity index is 622. The molecule has 1 aliphatic heterocycles. The molecule has 0 radical (unpaired) electrons.